The summed E-state index contributed by atoms with van der Waals surface area (Å²) in [5, 5.41) is 5.99. The van der Waals surface area contributed by atoms with Gasteiger partial charge in [-0.05, 0) is 6.07 Å². The van der Waals surface area contributed by atoms with Gasteiger partial charge in [0, 0.05) is 38.8 Å². The fraction of sp³-hybridized carbons (Fsp3) is 0.500. The molecule has 0 bridgehead atoms. The van der Waals surface area contributed by atoms with E-state index in [4.69, 9.17) is 4.74 Å². The maximum atomic E-state index is 11.9. The van der Waals surface area contributed by atoms with Crippen molar-refractivity contribution < 1.29 is 9.53 Å². The first-order chi connectivity index (χ1) is 9.26. The summed E-state index contributed by atoms with van der Waals surface area (Å²) in [6, 6.07) is 7.82. The van der Waals surface area contributed by atoms with Gasteiger partial charge in [-0.15, -0.1) is 0 Å². The Hall–Kier alpha value is -1.59. The lowest BCUT2D eigenvalue weighted by Crippen LogP contribution is -2.56. The number of piperazine rings is 1. The summed E-state index contributed by atoms with van der Waals surface area (Å²) >= 11 is 0. The number of carbonyl (C=O) groups is 1. The van der Waals surface area contributed by atoms with Gasteiger partial charge in [0.15, 0.2) is 0 Å². The molecule has 0 aliphatic carbocycles. The molecule has 1 aromatic rings. The number of hydrogen-bond donors (Lipinski definition) is 2. The summed E-state index contributed by atoms with van der Waals surface area (Å²) in [6.07, 6.45) is 0. The first kappa shape index (κ1) is 13.8. The van der Waals surface area contributed by atoms with Gasteiger partial charge < -0.3 is 15.4 Å². The molecule has 0 aromatic heterocycles. The summed E-state index contributed by atoms with van der Waals surface area (Å²) in [4.78, 5) is 14.1. The summed E-state index contributed by atoms with van der Waals surface area (Å²) in [7, 11) is 3.35. The number of amides is 1. The van der Waals surface area contributed by atoms with Gasteiger partial charge in [0.2, 0.25) is 5.91 Å². The fourth-order valence-corrected chi connectivity index (χ4v) is 2.41. The number of hydrogen-bond acceptors (Lipinski definition) is 4. The standard InChI is InChI=1S/C14H21N3O2/c1-15-14(18)12-9-16-7-8-17(12)10-11-5-3-4-6-13(11)19-2/h3-6,12,16H,7-10H2,1-2H3,(H,15,18). The third-order valence-corrected chi connectivity index (χ3v) is 3.47. The lowest BCUT2D eigenvalue weighted by Gasteiger charge is -2.35. The van der Waals surface area contributed by atoms with Crippen LogP contribution in [-0.2, 0) is 11.3 Å². The molecule has 1 atom stereocenters. The Kier molecular flexibility index (Phi) is 4.76. The van der Waals surface area contributed by atoms with Crippen LogP contribution < -0.4 is 15.4 Å². The second-order valence-electron chi connectivity index (χ2n) is 4.62. The first-order valence-corrected chi connectivity index (χ1v) is 6.54. The topological polar surface area (TPSA) is 53.6 Å². The quantitative estimate of drug-likeness (QED) is 0.816. The molecule has 1 saturated heterocycles. The molecule has 1 aliphatic heterocycles. The van der Waals surface area contributed by atoms with Gasteiger partial charge in [0.1, 0.15) is 11.8 Å². The van der Waals surface area contributed by atoms with Gasteiger partial charge in [-0.2, -0.15) is 0 Å². The van der Waals surface area contributed by atoms with Crippen LogP contribution in [0.25, 0.3) is 0 Å². The molecule has 1 heterocycles. The smallest absolute Gasteiger partial charge is 0.238 e. The molecular weight excluding hydrogens is 242 g/mol. The molecule has 1 unspecified atom stereocenters. The van der Waals surface area contributed by atoms with Gasteiger partial charge in [-0.25, -0.2) is 0 Å². The molecule has 0 spiro atoms. The Balaban J connectivity index is 2.13. The van der Waals surface area contributed by atoms with Crippen molar-refractivity contribution in [3.05, 3.63) is 29.8 Å². The van der Waals surface area contributed by atoms with Gasteiger partial charge in [0.25, 0.3) is 0 Å². The number of nitrogens with one attached hydrogen (secondary N) is 2. The molecule has 1 aromatic carbocycles. The molecule has 104 valence electrons. The van der Waals surface area contributed by atoms with Crippen LogP contribution in [-0.4, -0.2) is 50.6 Å². The van der Waals surface area contributed by atoms with Crippen LogP contribution in [0.1, 0.15) is 5.56 Å². The highest BCUT2D eigenvalue weighted by atomic mass is 16.5. The Bertz CT molecular complexity index is 436. The minimum absolute atomic E-state index is 0.0575. The van der Waals surface area contributed by atoms with Crippen LogP contribution in [0, 0.1) is 0 Å². The van der Waals surface area contributed by atoms with Crippen molar-refractivity contribution in [1.29, 1.82) is 0 Å². The second-order valence-corrected chi connectivity index (χ2v) is 4.62. The Morgan fingerprint density at radius 2 is 2.32 bits per heavy atom. The number of rotatable bonds is 4. The molecule has 19 heavy (non-hydrogen) atoms. The maximum absolute atomic E-state index is 11.9. The number of nitrogens with zero attached hydrogens (tertiary/aromatic N) is 1. The molecular formula is C14H21N3O2. The third kappa shape index (κ3) is 3.24. The van der Waals surface area contributed by atoms with E-state index in [-0.39, 0.29) is 11.9 Å². The van der Waals surface area contributed by atoms with E-state index in [2.05, 4.69) is 15.5 Å². The van der Waals surface area contributed by atoms with Crippen LogP contribution in [0.15, 0.2) is 24.3 Å². The average Bonchev–Trinajstić information content (AvgIpc) is 2.47. The van der Waals surface area contributed by atoms with Crippen molar-refractivity contribution in [3.8, 4) is 5.75 Å². The van der Waals surface area contributed by atoms with Crippen molar-refractivity contribution in [2.45, 2.75) is 12.6 Å². The zero-order valence-corrected chi connectivity index (χ0v) is 11.5. The summed E-state index contributed by atoms with van der Waals surface area (Å²) < 4.78 is 5.37. The van der Waals surface area contributed by atoms with E-state index in [1.807, 2.05) is 24.3 Å². The van der Waals surface area contributed by atoms with E-state index in [1.54, 1.807) is 14.2 Å². The van der Waals surface area contributed by atoms with E-state index in [0.29, 0.717) is 6.54 Å². The van der Waals surface area contributed by atoms with E-state index in [9.17, 15) is 4.79 Å². The van der Waals surface area contributed by atoms with Crippen molar-refractivity contribution >= 4 is 5.91 Å². The van der Waals surface area contributed by atoms with Gasteiger partial charge in [-0.3, -0.25) is 9.69 Å². The van der Waals surface area contributed by atoms with E-state index in [1.165, 1.54) is 0 Å². The van der Waals surface area contributed by atoms with Gasteiger partial charge >= 0.3 is 0 Å². The van der Waals surface area contributed by atoms with E-state index >= 15 is 0 Å². The zero-order valence-electron chi connectivity index (χ0n) is 11.5. The molecule has 0 saturated carbocycles. The van der Waals surface area contributed by atoms with Crippen LogP contribution in [0.4, 0.5) is 0 Å². The van der Waals surface area contributed by atoms with Crippen LogP contribution in [0.5, 0.6) is 5.75 Å². The van der Waals surface area contributed by atoms with Gasteiger partial charge in [-0.1, -0.05) is 18.2 Å². The van der Waals surface area contributed by atoms with Crippen LogP contribution in [0.3, 0.4) is 0 Å². The minimum Gasteiger partial charge on any atom is -0.496 e. The predicted octanol–water partition coefficient (Wildman–Crippen LogP) is 0.215. The van der Waals surface area contributed by atoms with E-state index in [0.717, 1.165) is 30.9 Å². The average molecular weight is 263 g/mol. The molecule has 2 N–H and O–H groups in total. The third-order valence-electron chi connectivity index (χ3n) is 3.47. The van der Waals surface area contributed by atoms with Crippen LogP contribution in [0.2, 0.25) is 0 Å². The highest BCUT2D eigenvalue weighted by Crippen LogP contribution is 2.20. The monoisotopic (exact) mass is 263 g/mol. The summed E-state index contributed by atoms with van der Waals surface area (Å²) in [5.74, 6) is 0.929. The molecule has 1 amide bonds. The highest BCUT2D eigenvalue weighted by Gasteiger charge is 2.28. The molecule has 2 rings (SSSR count). The number of methoxy groups -OCH3 is 1. The number of carbonyl (C=O) groups excluding carboxylic acids is 1. The lowest BCUT2D eigenvalue weighted by molar-refractivity contribution is -0.126. The number of benzene rings is 1. The lowest BCUT2D eigenvalue weighted by atomic mass is 10.1. The molecule has 1 aliphatic rings. The van der Waals surface area contributed by atoms with Crippen LogP contribution >= 0.6 is 0 Å². The number of ether oxygens (including phenoxy) is 1. The summed E-state index contributed by atoms with van der Waals surface area (Å²) in [6.45, 7) is 3.18. The highest BCUT2D eigenvalue weighted by molar-refractivity contribution is 5.81. The molecule has 0 radical (unpaired) electrons. The first-order valence-electron chi connectivity index (χ1n) is 6.54. The minimum atomic E-state index is -0.122. The molecule has 1 fully saturated rings. The van der Waals surface area contributed by atoms with Crippen molar-refractivity contribution in [1.82, 2.24) is 15.5 Å². The largest absolute Gasteiger partial charge is 0.496 e. The SMILES string of the molecule is CNC(=O)C1CNCCN1Cc1ccccc1OC. The second kappa shape index (κ2) is 6.54. The van der Waals surface area contributed by atoms with Crippen molar-refractivity contribution in [3.63, 3.8) is 0 Å². The number of likely N-dealkylation sites (N-methyl/N-ethyl adjacent to an activating group) is 1. The normalized spacial score (nSPS) is 20.0. The molecule has 5 nitrogen and oxygen atoms in total. The van der Waals surface area contributed by atoms with Crippen molar-refractivity contribution in [2.75, 3.05) is 33.8 Å². The number of para-hydroxylation sites is 1. The van der Waals surface area contributed by atoms with E-state index < -0.39 is 0 Å². The Morgan fingerprint density at radius 3 is 3.05 bits per heavy atom. The van der Waals surface area contributed by atoms with Gasteiger partial charge in [0.05, 0.1) is 7.11 Å². The fourth-order valence-electron chi connectivity index (χ4n) is 2.41. The Labute approximate surface area is 113 Å². The predicted molar refractivity (Wildman–Crippen MR) is 74.1 cm³/mol. The maximum Gasteiger partial charge on any atom is 0.238 e. The summed E-state index contributed by atoms with van der Waals surface area (Å²) in [5.41, 5.74) is 1.11. The zero-order chi connectivity index (χ0) is 13.7. The molecule has 5 heteroatoms. The Morgan fingerprint density at radius 1 is 1.53 bits per heavy atom. The van der Waals surface area contributed by atoms with Crippen molar-refractivity contribution in [2.24, 2.45) is 0 Å².